The molecular weight excluding hydrogens is 321 g/mol. The predicted octanol–water partition coefficient (Wildman–Crippen LogP) is 3.62. The van der Waals surface area contributed by atoms with Gasteiger partial charge in [0.25, 0.3) is 5.56 Å². The lowest BCUT2D eigenvalue weighted by Crippen LogP contribution is -2.23. The van der Waals surface area contributed by atoms with Crippen molar-refractivity contribution in [2.75, 3.05) is 0 Å². The Bertz CT molecular complexity index is 973. The summed E-state index contributed by atoms with van der Waals surface area (Å²) in [7, 11) is 0. The van der Waals surface area contributed by atoms with E-state index in [2.05, 4.69) is 11.1 Å². The Kier molecular flexibility index (Phi) is 3.84. The maximum absolute atomic E-state index is 12.6. The van der Waals surface area contributed by atoms with Gasteiger partial charge in [0.05, 0.1) is 29.1 Å². The highest BCUT2D eigenvalue weighted by Crippen LogP contribution is 2.18. The third kappa shape index (κ3) is 2.57. The molecule has 0 unspecified atom stereocenters. The molecule has 0 spiro atoms. The minimum Gasteiger partial charge on any atom is -0.278 e. The van der Waals surface area contributed by atoms with Gasteiger partial charge in [0, 0.05) is 5.02 Å². The van der Waals surface area contributed by atoms with E-state index in [1.807, 2.05) is 6.07 Å². The third-order valence-electron chi connectivity index (χ3n) is 3.34. The summed E-state index contributed by atoms with van der Waals surface area (Å²) < 4.78 is 1.34. The molecule has 4 nitrogen and oxygen atoms in total. The van der Waals surface area contributed by atoms with Gasteiger partial charge >= 0.3 is 0 Å². The zero-order chi connectivity index (χ0) is 15.7. The summed E-state index contributed by atoms with van der Waals surface area (Å²) in [6, 6.07) is 14.0. The Labute approximate surface area is 136 Å². The Balaban J connectivity index is 2.18. The lowest BCUT2D eigenvalue weighted by Gasteiger charge is -2.10. The van der Waals surface area contributed by atoms with Gasteiger partial charge in [0.1, 0.15) is 0 Å². The summed E-state index contributed by atoms with van der Waals surface area (Å²) >= 11 is 12.0. The molecule has 0 saturated carbocycles. The van der Waals surface area contributed by atoms with Gasteiger partial charge in [-0.15, -0.1) is 0 Å². The van der Waals surface area contributed by atoms with Crippen LogP contribution in [-0.4, -0.2) is 9.55 Å². The minimum absolute atomic E-state index is 0.0625. The van der Waals surface area contributed by atoms with Gasteiger partial charge in [-0.3, -0.25) is 9.36 Å². The SMILES string of the molecule is N#Cc1ccccc1Cn1c(Cl)nc2cc(Cl)ccc2c1=O. The van der Waals surface area contributed by atoms with E-state index >= 15 is 0 Å². The largest absolute Gasteiger partial charge is 0.278 e. The van der Waals surface area contributed by atoms with Crippen molar-refractivity contribution in [1.82, 2.24) is 9.55 Å². The first-order valence-corrected chi connectivity index (χ1v) is 7.19. The minimum atomic E-state index is -0.264. The summed E-state index contributed by atoms with van der Waals surface area (Å²) in [5.41, 5.74) is 1.40. The second kappa shape index (κ2) is 5.80. The zero-order valence-corrected chi connectivity index (χ0v) is 12.8. The fourth-order valence-electron chi connectivity index (χ4n) is 2.24. The van der Waals surface area contributed by atoms with Crippen molar-refractivity contribution in [3.63, 3.8) is 0 Å². The number of hydrogen-bond donors (Lipinski definition) is 0. The van der Waals surface area contributed by atoms with Crippen LogP contribution in [0, 0.1) is 11.3 Å². The number of benzene rings is 2. The van der Waals surface area contributed by atoms with Crippen LogP contribution in [0.15, 0.2) is 47.3 Å². The van der Waals surface area contributed by atoms with Crippen LogP contribution in [0.2, 0.25) is 10.3 Å². The first-order valence-electron chi connectivity index (χ1n) is 6.44. The molecule has 0 amide bonds. The smallest absolute Gasteiger partial charge is 0.262 e. The number of halogens is 2. The summed E-state index contributed by atoms with van der Waals surface area (Å²) in [6.45, 7) is 0.187. The lowest BCUT2D eigenvalue weighted by molar-refractivity contribution is 0.748. The van der Waals surface area contributed by atoms with E-state index in [-0.39, 0.29) is 17.4 Å². The summed E-state index contributed by atoms with van der Waals surface area (Å²) in [5, 5.41) is 10.1. The molecule has 2 aromatic carbocycles. The number of aromatic nitrogens is 2. The predicted molar refractivity (Wildman–Crippen MR) is 86.3 cm³/mol. The average molecular weight is 330 g/mol. The maximum atomic E-state index is 12.6. The van der Waals surface area contributed by atoms with Gasteiger partial charge in [0.2, 0.25) is 5.28 Å². The van der Waals surface area contributed by atoms with Crippen molar-refractivity contribution in [3.8, 4) is 6.07 Å². The fraction of sp³-hybridized carbons (Fsp3) is 0.0625. The maximum Gasteiger partial charge on any atom is 0.262 e. The van der Waals surface area contributed by atoms with E-state index in [0.29, 0.717) is 27.1 Å². The molecule has 0 aliphatic heterocycles. The van der Waals surface area contributed by atoms with E-state index in [4.69, 9.17) is 28.5 Å². The molecule has 0 bridgehead atoms. The molecule has 0 aliphatic carbocycles. The Morgan fingerprint density at radius 2 is 1.95 bits per heavy atom. The average Bonchev–Trinajstić information content (AvgIpc) is 2.51. The van der Waals surface area contributed by atoms with E-state index in [1.54, 1.807) is 36.4 Å². The molecule has 6 heteroatoms. The Hall–Kier alpha value is -2.35. The molecule has 0 saturated heterocycles. The molecule has 22 heavy (non-hydrogen) atoms. The van der Waals surface area contributed by atoms with Gasteiger partial charge < -0.3 is 0 Å². The van der Waals surface area contributed by atoms with Gasteiger partial charge in [0.15, 0.2) is 0 Å². The monoisotopic (exact) mass is 329 g/mol. The van der Waals surface area contributed by atoms with Gasteiger partial charge in [-0.25, -0.2) is 4.98 Å². The molecule has 0 atom stereocenters. The van der Waals surface area contributed by atoms with Crippen LogP contribution in [0.4, 0.5) is 0 Å². The normalized spacial score (nSPS) is 10.6. The van der Waals surface area contributed by atoms with Crippen molar-refractivity contribution < 1.29 is 0 Å². The Morgan fingerprint density at radius 3 is 2.73 bits per heavy atom. The first-order chi connectivity index (χ1) is 10.6. The van der Waals surface area contributed by atoms with Gasteiger partial charge in [-0.2, -0.15) is 5.26 Å². The highest BCUT2D eigenvalue weighted by molar-refractivity contribution is 6.31. The number of nitrogens with zero attached hydrogens (tertiary/aromatic N) is 3. The van der Waals surface area contributed by atoms with Gasteiger partial charge in [-0.05, 0) is 41.4 Å². The molecule has 3 aromatic rings. The molecule has 108 valence electrons. The summed E-state index contributed by atoms with van der Waals surface area (Å²) in [6.07, 6.45) is 0. The molecule has 3 rings (SSSR count). The third-order valence-corrected chi connectivity index (χ3v) is 3.86. The Morgan fingerprint density at radius 1 is 1.18 bits per heavy atom. The highest BCUT2D eigenvalue weighted by Gasteiger charge is 2.12. The second-order valence-electron chi connectivity index (χ2n) is 4.70. The quantitative estimate of drug-likeness (QED) is 0.674. The van der Waals surface area contributed by atoms with Crippen molar-refractivity contribution in [2.45, 2.75) is 6.54 Å². The zero-order valence-electron chi connectivity index (χ0n) is 11.3. The fourth-order valence-corrected chi connectivity index (χ4v) is 2.64. The number of hydrogen-bond acceptors (Lipinski definition) is 3. The van der Waals surface area contributed by atoms with Gasteiger partial charge in [-0.1, -0.05) is 29.8 Å². The van der Waals surface area contributed by atoms with Crippen molar-refractivity contribution in [1.29, 1.82) is 5.26 Å². The van der Waals surface area contributed by atoms with E-state index in [9.17, 15) is 4.79 Å². The van der Waals surface area contributed by atoms with Crippen LogP contribution in [0.3, 0.4) is 0 Å². The van der Waals surface area contributed by atoms with Crippen molar-refractivity contribution in [3.05, 3.63) is 74.3 Å². The molecule has 0 fully saturated rings. The van der Waals surface area contributed by atoms with Crippen LogP contribution < -0.4 is 5.56 Å². The summed E-state index contributed by atoms with van der Waals surface area (Å²) in [4.78, 5) is 16.8. The topological polar surface area (TPSA) is 58.7 Å². The van der Waals surface area contributed by atoms with E-state index in [0.717, 1.165) is 0 Å². The van der Waals surface area contributed by atoms with Crippen LogP contribution in [0.5, 0.6) is 0 Å². The van der Waals surface area contributed by atoms with Crippen LogP contribution in [-0.2, 0) is 6.54 Å². The molecule has 1 aromatic heterocycles. The molecule has 0 aliphatic rings. The first kappa shape index (κ1) is 14.6. The summed E-state index contributed by atoms with van der Waals surface area (Å²) in [5.74, 6) is 0. The second-order valence-corrected chi connectivity index (χ2v) is 5.48. The molecular formula is C16H9Cl2N3O. The molecule has 0 N–H and O–H groups in total. The van der Waals surface area contributed by atoms with Crippen molar-refractivity contribution in [2.24, 2.45) is 0 Å². The highest BCUT2D eigenvalue weighted by atomic mass is 35.5. The van der Waals surface area contributed by atoms with E-state index < -0.39 is 0 Å². The number of nitriles is 1. The lowest BCUT2D eigenvalue weighted by atomic mass is 10.1. The van der Waals surface area contributed by atoms with E-state index in [1.165, 1.54) is 4.57 Å². The van der Waals surface area contributed by atoms with Crippen molar-refractivity contribution >= 4 is 34.1 Å². The van der Waals surface area contributed by atoms with Crippen LogP contribution in [0.1, 0.15) is 11.1 Å². The standard InChI is InChI=1S/C16H9Cl2N3O/c17-12-5-6-13-14(7-12)20-16(18)21(15(13)22)9-11-4-2-1-3-10(11)8-19/h1-7H,9H2. The molecule has 0 radical (unpaired) electrons. The van der Waals surface area contributed by atoms with Crippen LogP contribution in [0.25, 0.3) is 10.9 Å². The number of fused-ring (bicyclic) bond motifs is 1. The molecule has 1 heterocycles. The van der Waals surface area contributed by atoms with Crippen LogP contribution >= 0.6 is 23.2 Å². The number of rotatable bonds is 2.